The number of hydrogen-bond acceptors (Lipinski definition) is 2. The fourth-order valence-corrected chi connectivity index (χ4v) is 2.04. The average Bonchev–Trinajstić information content (AvgIpc) is 2.41. The molecule has 1 aliphatic heterocycles. The second kappa shape index (κ2) is 5.61. The Morgan fingerprint density at radius 2 is 2.00 bits per heavy atom. The van der Waals surface area contributed by atoms with Crippen LogP contribution in [0.4, 0.5) is 0 Å². The normalized spacial score (nSPS) is 29.8. The molecule has 0 amide bonds. The number of hydrogen-bond donors (Lipinski definition) is 1. The van der Waals surface area contributed by atoms with E-state index in [0.717, 1.165) is 6.54 Å². The Hall–Kier alpha value is -0.0800. The first-order valence-corrected chi connectivity index (χ1v) is 5.72. The Bertz CT molecular complexity index is 126. The van der Waals surface area contributed by atoms with Crippen LogP contribution in [0.25, 0.3) is 0 Å². The maximum Gasteiger partial charge on any atom is 0.0206 e. The Labute approximate surface area is 82.5 Å². The summed E-state index contributed by atoms with van der Waals surface area (Å²) in [6.07, 6.45) is 5.45. The van der Waals surface area contributed by atoms with E-state index in [1.165, 1.54) is 38.8 Å². The molecule has 2 atom stereocenters. The Balaban J connectivity index is 2.03. The van der Waals surface area contributed by atoms with Gasteiger partial charge >= 0.3 is 0 Å². The molecule has 2 unspecified atom stereocenters. The molecule has 1 rings (SSSR count). The predicted octanol–water partition coefficient (Wildman–Crippen LogP) is 1.85. The fraction of sp³-hybridized carbons (Fsp3) is 1.00. The maximum atomic E-state index is 5.96. The van der Waals surface area contributed by atoms with Crippen LogP contribution in [-0.4, -0.2) is 30.6 Å². The molecule has 0 bridgehead atoms. The van der Waals surface area contributed by atoms with Crippen molar-refractivity contribution in [2.75, 3.05) is 19.6 Å². The highest BCUT2D eigenvalue weighted by atomic mass is 15.2. The van der Waals surface area contributed by atoms with Gasteiger partial charge in [0, 0.05) is 19.1 Å². The molecule has 0 saturated carbocycles. The first-order chi connectivity index (χ1) is 6.24. The second-order valence-corrected chi connectivity index (χ2v) is 4.46. The van der Waals surface area contributed by atoms with Crippen molar-refractivity contribution in [2.45, 2.75) is 45.6 Å². The third kappa shape index (κ3) is 3.65. The quantitative estimate of drug-likeness (QED) is 0.661. The van der Waals surface area contributed by atoms with Crippen molar-refractivity contribution in [3.8, 4) is 0 Å². The zero-order valence-corrected chi connectivity index (χ0v) is 9.13. The van der Waals surface area contributed by atoms with Crippen LogP contribution in [0.15, 0.2) is 0 Å². The molecule has 1 fully saturated rings. The van der Waals surface area contributed by atoms with Gasteiger partial charge in [0.2, 0.25) is 0 Å². The Morgan fingerprint density at radius 1 is 1.23 bits per heavy atom. The molecule has 1 heterocycles. The summed E-state index contributed by atoms with van der Waals surface area (Å²) in [5.41, 5.74) is 5.96. The van der Waals surface area contributed by atoms with Crippen molar-refractivity contribution < 1.29 is 0 Å². The van der Waals surface area contributed by atoms with Crippen LogP contribution in [-0.2, 0) is 0 Å². The minimum absolute atomic E-state index is 0.422. The van der Waals surface area contributed by atoms with E-state index in [4.69, 9.17) is 5.73 Å². The lowest BCUT2D eigenvalue weighted by Gasteiger charge is -2.14. The monoisotopic (exact) mass is 184 g/mol. The summed E-state index contributed by atoms with van der Waals surface area (Å²) in [6, 6.07) is 0.422. The van der Waals surface area contributed by atoms with Gasteiger partial charge in [-0.05, 0) is 18.9 Å². The summed E-state index contributed by atoms with van der Waals surface area (Å²) < 4.78 is 0. The summed E-state index contributed by atoms with van der Waals surface area (Å²) in [7, 11) is 0. The van der Waals surface area contributed by atoms with Crippen molar-refractivity contribution >= 4 is 0 Å². The second-order valence-electron chi connectivity index (χ2n) is 4.46. The lowest BCUT2D eigenvalue weighted by molar-refractivity contribution is 0.317. The molecule has 0 aliphatic carbocycles. The number of unbranched alkanes of at least 4 members (excludes halogenated alkanes) is 3. The minimum atomic E-state index is 0.422. The summed E-state index contributed by atoms with van der Waals surface area (Å²) in [6.45, 7) is 8.11. The lowest BCUT2D eigenvalue weighted by Crippen LogP contribution is -2.28. The summed E-state index contributed by atoms with van der Waals surface area (Å²) >= 11 is 0. The van der Waals surface area contributed by atoms with Crippen LogP contribution in [0, 0.1) is 5.92 Å². The zero-order chi connectivity index (χ0) is 9.68. The van der Waals surface area contributed by atoms with Gasteiger partial charge in [0.25, 0.3) is 0 Å². The number of likely N-dealkylation sites (tertiary alicyclic amines) is 1. The first-order valence-electron chi connectivity index (χ1n) is 5.72. The first kappa shape index (κ1) is 11.0. The molecule has 2 N–H and O–H groups in total. The van der Waals surface area contributed by atoms with Crippen molar-refractivity contribution in [1.82, 2.24) is 4.90 Å². The van der Waals surface area contributed by atoms with Gasteiger partial charge in [-0.1, -0.05) is 33.1 Å². The van der Waals surface area contributed by atoms with E-state index in [9.17, 15) is 0 Å². The van der Waals surface area contributed by atoms with Gasteiger partial charge in [-0.25, -0.2) is 0 Å². The molecule has 13 heavy (non-hydrogen) atoms. The highest BCUT2D eigenvalue weighted by Crippen LogP contribution is 2.15. The average molecular weight is 184 g/mol. The molecule has 0 aromatic carbocycles. The van der Waals surface area contributed by atoms with E-state index >= 15 is 0 Å². The molecular formula is C11H24N2. The van der Waals surface area contributed by atoms with E-state index < -0.39 is 0 Å². The number of nitrogens with two attached hydrogens (primary N) is 1. The van der Waals surface area contributed by atoms with Gasteiger partial charge in [-0.2, -0.15) is 0 Å². The molecule has 0 spiro atoms. The SMILES string of the molecule is CCCCCCN1CC(C)C(N)C1. The third-order valence-electron chi connectivity index (χ3n) is 3.07. The molecule has 2 heteroatoms. The molecular weight excluding hydrogens is 160 g/mol. The van der Waals surface area contributed by atoms with Crippen LogP contribution >= 0.6 is 0 Å². The van der Waals surface area contributed by atoms with Crippen LogP contribution in [0.5, 0.6) is 0 Å². The standard InChI is InChI=1S/C11H24N2/c1-3-4-5-6-7-13-8-10(2)11(12)9-13/h10-11H,3-9,12H2,1-2H3. The highest BCUT2D eigenvalue weighted by Gasteiger charge is 2.25. The summed E-state index contributed by atoms with van der Waals surface area (Å²) in [5.74, 6) is 0.700. The molecule has 78 valence electrons. The summed E-state index contributed by atoms with van der Waals surface area (Å²) in [5, 5.41) is 0. The smallest absolute Gasteiger partial charge is 0.0206 e. The van der Waals surface area contributed by atoms with Gasteiger partial charge in [0.1, 0.15) is 0 Å². The van der Waals surface area contributed by atoms with E-state index in [0.29, 0.717) is 12.0 Å². The molecule has 0 radical (unpaired) electrons. The molecule has 2 nitrogen and oxygen atoms in total. The fourth-order valence-electron chi connectivity index (χ4n) is 2.04. The molecule has 1 saturated heterocycles. The Morgan fingerprint density at radius 3 is 2.54 bits per heavy atom. The van der Waals surface area contributed by atoms with E-state index in [-0.39, 0.29) is 0 Å². The third-order valence-corrected chi connectivity index (χ3v) is 3.07. The highest BCUT2D eigenvalue weighted by molar-refractivity contribution is 4.83. The maximum absolute atomic E-state index is 5.96. The van der Waals surface area contributed by atoms with Crippen molar-refractivity contribution in [1.29, 1.82) is 0 Å². The van der Waals surface area contributed by atoms with E-state index in [1.807, 2.05) is 0 Å². The zero-order valence-electron chi connectivity index (χ0n) is 9.13. The number of rotatable bonds is 5. The number of nitrogens with zero attached hydrogens (tertiary/aromatic N) is 1. The molecule has 0 aromatic heterocycles. The molecule has 1 aliphatic rings. The minimum Gasteiger partial charge on any atom is -0.326 e. The van der Waals surface area contributed by atoms with Gasteiger partial charge in [-0.3, -0.25) is 0 Å². The predicted molar refractivity (Wildman–Crippen MR) is 57.7 cm³/mol. The van der Waals surface area contributed by atoms with E-state index in [2.05, 4.69) is 18.7 Å². The van der Waals surface area contributed by atoms with Crippen molar-refractivity contribution in [3.63, 3.8) is 0 Å². The van der Waals surface area contributed by atoms with Gasteiger partial charge in [-0.15, -0.1) is 0 Å². The van der Waals surface area contributed by atoms with Crippen molar-refractivity contribution in [2.24, 2.45) is 11.7 Å². The van der Waals surface area contributed by atoms with Crippen LogP contribution < -0.4 is 5.73 Å². The summed E-state index contributed by atoms with van der Waals surface area (Å²) in [4.78, 5) is 2.52. The van der Waals surface area contributed by atoms with Gasteiger partial charge in [0.15, 0.2) is 0 Å². The topological polar surface area (TPSA) is 29.3 Å². The van der Waals surface area contributed by atoms with Crippen LogP contribution in [0.1, 0.15) is 39.5 Å². The lowest BCUT2D eigenvalue weighted by atomic mass is 10.1. The Kier molecular flexibility index (Phi) is 4.74. The van der Waals surface area contributed by atoms with Gasteiger partial charge in [0.05, 0.1) is 0 Å². The van der Waals surface area contributed by atoms with Crippen LogP contribution in [0.2, 0.25) is 0 Å². The largest absolute Gasteiger partial charge is 0.326 e. The molecule has 0 aromatic rings. The van der Waals surface area contributed by atoms with Crippen LogP contribution in [0.3, 0.4) is 0 Å². The van der Waals surface area contributed by atoms with E-state index in [1.54, 1.807) is 0 Å². The van der Waals surface area contributed by atoms with Crippen molar-refractivity contribution in [3.05, 3.63) is 0 Å². The van der Waals surface area contributed by atoms with Gasteiger partial charge < -0.3 is 10.6 Å².